The van der Waals surface area contributed by atoms with Gasteiger partial charge in [-0.25, -0.2) is 10.4 Å². The maximum absolute atomic E-state index is 12.1. The molecule has 0 fully saturated rings. The molecule has 3 rings (SSSR count). The lowest BCUT2D eigenvalue weighted by atomic mass is 10.2. The van der Waals surface area contributed by atoms with Crippen LogP contribution in [0.3, 0.4) is 0 Å². The number of imidazole rings is 1. The van der Waals surface area contributed by atoms with Crippen LogP contribution in [0.15, 0.2) is 51.1 Å². The average Bonchev–Trinajstić information content (AvgIpc) is 3.06. The number of para-hydroxylation sites is 2. The minimum absolute atomic E-state index is 0.0129. The van der Waals surface area contributed by atoms with Crippen molar-refractivity contribution in [1.82, 2.24) is 15.0 Å². The predicted octanol–water partition coefficient (Wildman–Crippen LogP) is 3.78. The number of aromatic hydroxyl groups is 1. The molecule has 2 aromatic carbocycles. The number of aryl methyl sites for hydroxylation is 1. The Morgan fingerprint density at radius 3 is 2.96 bits per heavy atom. The zero-order chi connectivity index (χ0) is 20.1. The van der Waals surface area contributed by atoms with Crippen LogP contribution in [0.1, 0.15) is 12.5 Å². The van der Waals surface area contributed by atoms with E-state index in [0.717, 1.165) is 22.7 Å². The molecule has 0 saturated carbocycles. The molecule has 0 spiro atoms. The highest BCUT2D eigenvalue weighted by Gasteiger charge is 2.11. The van der Waals surface area contributed by atoms with E-state index in [2.05, 4.69) is 36.0 Å². The summed E-state index contributed by atoms with van der Waals surface area (Å²) in [6.07, 6.45) is 1.48. The number of carbonyl (C=O) groups is 1. The van der Waals surface area contributed by atoms with Crippen LogP contribution >= 0.6 is 27.7 Å². The summed E-state index contributed by atoms with van der Waals surface area (Å²) in [5.41, 5.74) is 5.13. The number of hydrazone groups is 1. The number of nitrogens with zero attached hydrogens (tertiary/aromatic N) is 3. The number of ether oxygens (including phenoxy) is 1. The maximum Gasteiger partial charge on any atom is 0.250 e. The molecule has 0 aliphatic heterocycles. The Kier molecular flexibility index (Phi) is 6.58. The lowest BCUT2D eigenvalue weighted by Crippen LogP contribution is -2.20. The van der Waals surface area contributed by atoms with Crippen molar-refractivity contribution >= 4 is 50.8 Å². The van der Waals surface area contributed by atoms with Crippen LogP contribution in [0.5, 0.6) is 11.5 Å². The second-order valence-electron chi connectivity index (χ2n) is 5.76. The number of hydrogen-bond acceptors (Lipinski definition) is 6. The fourth-order valence-electron chi connectivity index (χ4n) is 2.63. The number of nitrogens with one attached hydrogen (secondary N) is 1. The van der Waals surface area contributed by atoms with Gasteiger partial charge in [-0.2, -0.15) is 5.10 Å². The Hall–Kier alpha value is -2.52. The van der Waals surface area contributed by atoms with Crippen molar-refractivity contribution in [2.24, 2.45) is 5.10 Å². The van der Waals surface area contributed by atoms with Gasteiger partial charge in [0.15, 0.2) is 16.7 Å². The molecule has 0 aliphatic carbocycles. The summed E-state index contributed by atoms with van der Waals surface area (Å²) in [4.78, 5) is 16.7. The molecule has 0 unspecified atom stereocenters. The van der Waals surface area contributed by atoms with Gasteiger partial charge in [0.2, 0.25) is 0 Å². The molecule has 0 bridgehead atoms. The number of phenolic OH excluding ortho intramolecular Hbond substituents is 1. The van der Waals surface area contributed by atoms with Gasteiger partial charge >= 0.3 is 0 Å². The summed E-state index contributed by atoms with van der Waals surface area (Å²) in [5, 5.41) is 14.6. The number of halogens is 1. The Morgan fingerprint density at radius 2 is 2.21 bits per heavy atom. The van der Waals surface area contributed by atoms with Crippen molar-refractivity contribution in [3.63, 3.8) is 0 Å². The van der Waals surface area contributed by atoms with Crippen LogP contribution < -0.4 is 10.2 Å². The zero-order valence-electron chi connectivity index (χ0n) is 15.3. The van der Waals surface area contributed by atoms with Crippen molar-refractivity contribution in [2.75, 3.05) is 12.9 Å². The molecule has 146 valence electrons. The van der Waals surface area contributed by atoms with E-state index in [9.17, 15) is 9.90 Å². The fraction of sp³-hybridized carbons (Fsp3) is 0.211. The van der Waals surface area contributed by atoms with Gasteiger partial charge in [0.1, 0.15) is 0 Å². The molecule has 28 heavy (non-hydrogen) atoms. The molecule has 2 N–H and O–H groups in total. The normalized spacial score (nSPS) is 11.2. The summed E-state index contributed by atoms with van der Waals surface area (Å²) in [6, 6.07) is 11.2. The Labute approximate surface area is 174 Å². The quantitative estimate of drug-likeness (QED) is 0.316. The number of aromatic nitrogens is 2. The number of carbonyl (C=O) groups excluding carboxylic acids is 1. The first-order chi connectivity index (χ1) is 13.5. The van der Waals surface area contributed by atoms with Crippen LogP contribution in [-0.4, -0.2) is 39.6 Å². The number of phenols is 1. The molecule has 1 heterocycles. The first-order valence-corrected chi connectivity index (χ1v) is 10.3. The van der Waals surface area contributed by atoms with Gasteiger partial charge in [-0.15, -0.1) is 0 Å². The fourth-order valence-corrected chi connectivity index (χ4v) is 3.96. The van der Waals surface area contributed by atoms with Crippen molar-refractivity contribution in [3.8, 4) is 11.5 Å². The van der Waals surface area contributed by atoms with Crippen LogP contribution in [0.25, 0.3) is 11.0 Å². The highest BCUT2D eigenvalue weighted by Crippen LogP contribution is 2.34. The average molecular weight is 463 g/mol. The van der Waals surface area contributed by atoms with Gasteiger partial charge in [0.25, 0.3) is 5.91 Å². The summed E-state index contributed by atoms with van der Waals surface area (Å²) in [7, 11) is 1.46. The Bertz CT molecular complexity index is 1040. The number of amides is 1. The smallest absolute Gasteiger partial charge is 0.250 e. The second-order valence-corrected chi connectivity index (χ2v) is 7.56. The van der Waals surface area contributed by atoms with Crippen LogP contribution in [0.2, 0.25) is 0 Å². The molecular weight excluding hydrogens is 444 g/mol. The predicted molar refractivity (Wildman–Crippen MR) is 114 cm³/mol. The van der Waals surface area contributed by atoms with Gasteiger partial charge in [-0.05, 0) is 52.7 Å². The van der Waals surface area contributed by atoms with Crippen molar-refractivity contribution < 1.29 is 14.6 Å². The number of methoxy groups -OCH3 is 1. The number of hydrogen-bond donors (Lipinski definition) is 2. The topological polar surface area (TPSA) is 88.7 Å². The van der Waals surface area contributed by atoms with E-state index in [1.54, 1.807) is 12.1 Å². The van der Waals surface area contributed by atoms with Crippen LogP contribution in [0.4, 0.5) is 0 Å². The molecule has 0 saturated heterocycles. The minimum atomic E-state index is -0.235. The third kappa shape index (κ3) is 4.48. The highest BCUT2D eigenvalue weighted by atomic mass is 79.9. The van der Waals surface area contributed by atoms with Crippen LogP contribution in [-0.2, 0) is 11.3 Å². The van der Waals surface area contributed by atoms with Crippen LogP contribution in [0, 0.1) is 0 Å². The third-order valence-corrected chi connectivity index (χ3v) is 5.52. The van der Waals surface area contributed by atoms with Gasteiger partial charge < -0.3 is 14.4 Å². The summed E-state index contributed by atoms with van der Waals surface area (Å²) in [6.45, 7) is 2.83. The SMILES string of the molecule is CCn1c(SCC(=O)NN=Cc2cc(Br)c(O)c(OC)c2)nc2ccccc21. The molecule has 3 aromatic rings. The second kappa shape index (κ2) is 9.11. The van der Waals surface area contributed by atoms with E-state index in [0.29, 0.717) is 15.8 Å². The molecule has 9 heteroatoms. The zero-order valence-corrected chi connectivity index (χ0v) is 17.7. The molecule has 0 aliphatic rings. The van der Waals surface area contributed by atoms with E-state index in [4.69, 9.17) is 4.74 Å². The number of fused-ring (bicyclic) bond motifs is 1. The number of thioether (sulfide) groups is 1. The van der Waals surface area contributed by atoms with E-state index < -0.39 is 0 Å². The van der Waals surface area contributed by atoms with Gasteiger partial charge in [0, 0.05) is 6.54 Å². The Morgan fingerprint density at radius 1 is 1.43 bits per heavy atom. The standard InChI is InChI=1S/C19H19BrN4O3S/c1-3-24-15-7-5-4-6-14(15)22-19(24)28-11-17(25)23-21-10-12-8-13(20)18(26)16(9-12)27-2/h4-10,26H,3,11H2,1-2H3,(H,23,25). The molecule has 7 nitrogen and oxygen atoms in total. The maximum atomic E-state index is 12.1. The summed E-state index contributed by atoms with van der Waals surface area (Å²) in [5.74, 6) is 0.291. The molecular formula is C19H19BrN4O3S. The monoisotopic (exact) mass is 462 g/mol. The molecule has 0 radical (unpaired) electrons. The van der Waals surface area contributed by atoms with E-state index in [1.807, 2.05) is 31.2 Å². The largest absolute Gasteiger partial charge is 0.503 e. The van der Waals surface area contributed by atoms with Gasteiger partial charge in [-0.3, -0.25) is 4.79 Å². The Balaban J connectivity index is 1.61. The summed E-state index contributed by atoms with van der Waals surface area (Å²) >= 11 is 4.61. The van der Waals surface area contributed by atoms with Crippen molar-refractivity contribution in [2.45, 2.75) is 18.6 Å². The minimum Gasteiger partial charge on any atom is -0.503 e. The third-order valence-electron chi connectivity index (χ3n) is 3.94. The first kappa shape index (κ1) is 20.2. The van der Waals surface area contributed by atoms with E-state index >= 15 is 0 Å². The van der Waals surface area contributed by atoms with E-state index in [1.165, 1.54) is 25.1 Å². The highest BCUT2D eigenvalue weighted by molar-refractivity contribution is 9.10. The number of benzene rings is 2. The van der Waals surface area contributed by atoms with Gasteiger partial charge in [0.05, 0.1) is 34.6 Å². The lowest BCUT2D eigenvalue weighted by molar-refractivity contribution is -0.118. The molecule has 1 amide bonds. The van der Waals surface area contributed by atoms with E-state index in [-0.39, 0.29) is 17.4 Å². The first-order valence-electron chi connectivity index (χ1n) is 8.50. The van der Waals surface area contributed by atoms with Crippen molar-refractivity contribution in [3.05, 3.63) is 46.4 Å². The molecule has 1 aromatic heterocycles. The van der Waals surface area contributed by atoms with Gasteiger partial charge in [-0.1, -0.05) is 23.9 Å². The number of rotatable bonds is 7. The summed E-state index contributed by atoms with van der Waals surface area (Å²) < 4.78 is 7.65. The lowest BCUT2D eigenvalue weighted by Gasteiger charge is -2.06. The van der Waals surface area contributed by atoms with Crippen molar-refractivity contribution in [1.29, 1.82) is 0 Å². The molecule has 0 atom stereocenters.